The van der Waals surface area contributed by atoms with Crippen LogP contribution in [0.3, 0.4) is 0 Å². The first-order valence-corrected chi connectivity index (χ1v) is 10.7. The van der Waals surface area contributed by atoms with Crippen molar-refractivity contribution in [1.82, 2.24) is 29.5 Å². The zero-order chi connectivity index (χ0) is 23.1. The number of aromatic nitrogens is 6. The molecule has 0 fully saturated rings. The number of thioether (sulfide) groups is 1. The van der Waals surface area contributed by atoms with Crippen LogP contribution >= 0.6 is 11.8 Å². The van der Waals surface area contributed by atoms with E-state index in [2.05, 4.69) is 30.2 Å². The van der Waals surface area contributed by atoms with Crippen LogP contribution in [-0.2, 0) is 7.05 Å². The summed E-state index contributed by atoms with van der Waals surface area (Å²) in [5, 5.41) is 3.65. The number of benzene rings is 2. The molecule has 5 aromatic rings. The van der Waals surface area contributed by atoms with Crippen molar-refractivity contribution < 1.29 is 7.48 Å². The maximum absolute atomic E-state index is 8.11. The Hall–Kier alpha value is -3.72. The molecule has 2 aromatic carbocycles. The number of hydrogen-bond acceptors (Lipinski definition) is 8. The van der Waals surface area contributed by atoms with Crippen molar-refractivity contribution in [2.45, 2.75) is 12.1 Å². The quantitative estimate of drug-likeness (QED) is 0.311. The molecular formula is C22H19N7OS. The molecule has 0 bridgehead atoms. The van der Waals surface area contributed by atoms with Crippen LogP contribution in [-0.4, -0.2) is 35.7 Å². The zero-order valence-corrected chi connectivity index (χ0v) is 17.9. The number of nitrogens with one attached hydrogen (secondary N) is 1. The Bertz CT molecular complexity index is 1520. The maximum atomic E-state index is 8.11. The van der Waals surface area contributed by atoms with Crippen LogP contribution in [0.4, 0.5) is 11.5 Å². The fourth-order valence-electron chi connectivity index (χ4n) is 3.21. The molecule has 0 radical (unpaired) electrons. The minimum atomic E-state index is -0.208. The van der Waals surface area contributed by atoms with E-state index in [0.29, 0.717) is 28.0 Å². The molecule has 0 amide bonds. The molecule has 0 atom stereocenters. The van der Waals surface area contributed by atoms with Gasteiger partial charge in [0.15, 0.2) is 11.0 Å². The number of hydrogen-bond donors (Lipinski definition) is 1. The summed E-state index contributed by atoms with van der Waals surface area (Å²) in [4.78, 5) is 21.1. The summed E-state index contributed by atoms with van der Waals surface area (Å²) in [5.74, 6) is 1.77. The summed E-state index contributed by atoms with van der Waals surface area (Å²) in [6.45, 7) is 1.95. The Morgan fingerprint density at radius 2 is 1.97 bits per heavy atom. The lowest BCUT2D eigenvalue weighted by Gasteiger charge is -2.12. The van der Waals surface area contributed by atoms with Crippen molar-refractivity contribution >= 4 is 45.3 Å². The lowest BCUT2D eigenvalue weighted by atomic mass is 10.2. The zero-order valence-electron chi connectivity index (χ0n) is 19.0. The third kappa shape index (κ3) is 3.75. The first kappa shape index (κ1) is 17.0. The molecular weight excluding hydrogens is 410 g/mol. The maximum Gasteiger partial charge on any atom is 0.188 e. The van der Waals surface area contributed by atoms with Gasteiger partial charge >= 0.3 is 0 Å². The van der Waals surface area contributed by atoms with E-state index in [9.17, 15) is 0 Å². The van der Waals surface area contributed by atoms with Gasteiger partial charge in [-0.15, -0.1) is 0 Å². The standard InChI is InChI=1S/C22H19N7OS/c1-13-8-14(27-21-20-17(24-11-25-21)10-23-22(28-20)31-3)4-7-19(13)30-15-5-6-18-16(9-15)26-12-29(18)2/h4-12H,1-3H3,(H,24,25,27)/i10D,11D. The molecule has 9 heteroatoms. The van der Waals surface area contributed by atoms with Gasteiger partial charge in [-0.1, -0.05) is 11.8 Å². The highest BCUT2D eigenvalue weighted by atomic mass is 32.2. The predicted octanol–water partition coefficient (Wildman–Crippen LogP) is 4.87. The Kier molecular flexibility index (Phi) is 4.30. The molecule has 5 rings (SSSR count). The average Bonchev–Trinajstić information content (AvgIpc) is 3.16. The van der Waals surface area contributed by atoms with Gasteiger partial charge < -0.3 is 14.6 Å². The van der Waals surface area contributed by atoms with Crippen LogP contribution in [0.25, 0.3) is 22.1 Å². The molecule has 0 unspecified atom stereocenters. The van der Waals surface area contributed by atoms with Gasteiger partial charge in [0.1, 0.15) is 30.2 Å². The molecule has 31 heavy (non-hydrogen) atoms. The average molecular weight is 432 g/mol. The second kappa shape index (κ2) is 7.84. The Labute approximate surface area is 185 Å². The third-order valence-electron chi connectivity index (χ3n) is 4.78. The number of ether oxygens (including phenoxy) is 1. The summed E-state index contributed by atoms with van der Waals surface area (Å²) in [6.07, 6.45) is 3.37. The highest BCUT2D eigenvalue weighted by molar-refractivity contribution is 7.98. The summed E-state index contributed by atoms with van der Waals surface area (Å²) in [5.41, 5.74) is 4.19. The van der Waals surface area contributed by atoms with Crippen molar-refractivity contribution in [2.75, 3.05) is 11.6 Å². The summed E-state index contributed by atoms with van der Waals surface area (Å²) in [7, 11) is 1.95. The van der Waals surface area contributed by atoms with Gasteiger partial charge in [-0.3, -0.25) is 0 Å². The van der Waals surface area contributed by atoms with Gasteiger partial charge in [-0.05, 0) is 49.1 Å². The van der Waals surface area contributed by atoms with Crippen LogP contribution in [0.2, 0.25) is 0 Å². The highest BCUT2D eigenvalue weighted by Gasteiger charge is 2.10. The van der Waals surface area contributed by atoms with Crippen molar-refractivity contribution in [1.29, 1.82) is 0 Å². The summed E-state index contributed by atoms with van der Waals surface area (Å²) < 4.78 is 24.1. The van der Waals surface area contributed by atoms with E-state index in [1.807, 2.05) is 61.2 Å². The smallest absolute Gasteiger partial charge is 0.188 e. The van der Waals surface area contributed by atoms with E-state index < -0.39 is 0 Å². The van der Waals surface area contributed by atoms with E-state index in [0.717, 1.165) is 22.3 Å². The molecule has 0 saturated carbocycles. The van der Waals surface area contributed by atoms with Gasteiger partial charge in [0.2, 0.25) is 0 Å². The molecule has 0 aliphatic carbocycles. The Morgan fingerprint density at radius 3 is 2.81 bits per heavy atom. The van der Waals surface area contributed by atoms with Crippen molar-refractivity contribution in [3.63, 3.8) is 0 Å². The fourth-order valence-corrected chi connectivity index (χ4v) is 3.53. The first-order chi connectivity index (χ1) is 15.9. The van der Waals surface area contributed by atoms with Crippen molar-refractivity contribution in [3.05, 3.63) is 60.8 Å². The fraction of sp³-hybridized carbons (Fsp3) is 0.136. The second-order valence-corrected chi connectivity index (χ2v) is 7.68. The van der Waals surface area contributed by atoms with E-state index in [-0.39, 0.29) is 18.0 Å². The van der Waals surface area contributed by atoms with Crippen LogP contribution in [0.1, 0.15) is 8.30 Å². The lowest BCUT2D eigenvalue weighted by Crippen LogP contribution is -1.99. The number of nitrogens with zero attached hydrogens (tertiary/aromatic N) is 6. The molecule has 154 valence electrons. The van der Waals surface area contributed by atoms with Gasteiger partial charge in [-0.25, -0.2) is 24.9 Å². The van der Waals surface area contributed by atoms with Crippen LogP contribution in [0.15, 0.2) is 60.4 Å². The summed E-state index contributed by atoms with van der Waals surface area (Å²) >= 11 is 1.33. The Balaban J connectivity index is 1.45. The number of rotatable bonds is 5. The van der Waals surface area contributed by atoms with Gasteiger partial charge in [0.25, 0.3) is 0 Å². The minimum absolute atomic E-state index is 0.0342. The monoisotopic (exact) mass is 431 g/mol. The van der Waals surface area contributed by atoms with Crippen LogP contribution < -0.4 is 10.1 Å². The third-order valence-corrected chi connectivity index (χ3v) is 5.33. The van der Waals surface area contributed by atoms with Gasteiger partial charge in [0.05, 0.1) is 24.9 Å². The first-order valence-electron chi connectivity index (χ1n) is 10.4. The van der Waals surface area contributed by atoms with Gasteiger partial charge in [-0.2, -0.15) is 0 Å². The normalized spacial score (nSPS) is 12.1. The molecule has 0 saturated heterocycles. The largest absolute Gasteiger partial charge is 0.457 e. The summed E-state index contributed by atoms with van der Waals surface area (Å²) in [6, 6.07) is 11.4. The second-order valence-electron chi connectivity index (χ2n) is 6.90. The van der Waals surface area contributed by atoms with Crippen LogP contribution in [0.5, 0.6) is 11.5 Å². The Morgan fingerprint density at radius 1 is 1.06 bits per heavy atom. The highest BCUT2D eigenvalue weighted by Crippen LogP contribution is 2.30. The number of fused-ring (bicyclic) bond motifs is 2. The van der Waals surface area contributed by atoms with Gasteiger partial charge in [0, 0.05) is 18.8 Å². The minimum Gasteiger partial charge on any atom is -0.457 e. The molecule has 1 N–H and O–H groups in total. The van der Waals surface area contributed by atoms with E-state index in [1.54, 1.807) is 6.33 Å². The SMILES string of the molecule is [2H]c1nc(Nc2ccc(Oc3ccc4c(c3)ncn4C)c(C)c2)c2nc(SC)nc([2H])c2n1. The number of aryl methyl sites for hydroxylation is 2. The van der Waals surface area contributed by atoms with E-state index >= 15 is 0 Å². The number of imidazole rings is 1. The lowest BCUT2D eigenvalue weighted by molar-refractivity contribution is 0.479. The van der Waals surface area contributed by atoms with E-state index in [1.165, 1.54) is 11.8 Å². The topological polar surface area (TPSA) is 90.6 Å². The number of anilines is 2. The molecule has 3 heterocycles. The predicted molar refractivity (Wildman–Crippen MR) is 122 cm³/mol. The molecule has 0 aliphatic rings. The molecule has 0 spiro atoms. The van der Waals surface area contributed by atoms with Crippen LogP contribution in [0, 0.1) is 6.92 Å². The van der Waals surface area contributed by atoms with E-state index in [4.69, 9.17) is 7.48 Å². The van der Waals surface area contributed by atoms with Crippen molar-refractivity contribution in [3.8, 4) is 11.5 Å². The van der Waals surface area contributed by atoms with Crippen molar-refractivity contribution in [2.24, 2.45) is 7.05 Å². The molecule has 0 aliphatic heterocycles. The molecule has 3 aromatic heterocycles. The molecule has 8 nitrogen and oxygen atoms in total.